The average Bonchev–Trinajstić information content (AvgIpc) is 2.94. The van der Waals surface area contributed by atoms with Gasteiger partial charge in [0, 0.05) is 19.2 Å². The van der Waals surface area contributed by atoms with Crippen LogP contribution in [0.25, 0.3) is 0 Å². The van der Waals surface area contributed by atoms with Gasteiger partial charge in [-0.3, -0.25) is 4.79 Å². The van der Waals surface area contributed by atoms with Gasteiger partial charge in [-0.15, -0.1) is 0 Å². The van der Waals surface area contributed by atoms with E-state index in [2.05, 4.69) is 9.88 Å². The molecule has 0 bridgehead atoms. The van der Waals surface area contributed by atoms with Gasteiger partial charge in [-0.1, -0.05) is 6.07 Å². The van der Waals surface area contributed by atoms with Crippen LogP contribution < -0.4 is 4.90 Å². The number of carbonyl (C=O) groups is 1. The lowest BCUT2D eigenvalue weighted by Gasteiger charge is -2.41. The van der Waals surface area contributed by atoms with Crippen LogP contribution in [0.1, 0.15) is 42.7 Å². The molecule has 1 N–H and O–H groups in total. The molecule has 7 nitrogen and oxygen atoms in total. The number of carboxylic acids is 1. The molecule has 2 aliphatic rings. The van der Waals surface area contributed by atoms with Crippen LogP contribution >= 0.6 is 0 Å². The first-order valence-electron chi connectivity index (χ1n) is 9.25. The Balaban J connectivity index is 1.55. The molecule has 1 aromatic carbocycles. The number of piperidine rings is 1. The summed E-state index contributed by atoms with van der Waals surface area (Å²) in [4.78, 5) is 27.5. The molecule has 146 valence electrons. The number of nitrogens with zero attached hydrogens (tertiary/aromatic N) is 3. The third-order valence-electron chi connectivity index (χ3n) is 6.09. The average molecular weight is 385 g/mol. The van der Waals surface area contributed by atoms with Crippen molar-refractivity contribution in [3.8, 4) is 0 Å². The lowest BCUT2D eigenvalue weighted by Crippen LogP contribution is -2.41. The molecule has 1 spiro atoms. The minimum absolute atomic E-state index is 0.0520. The fourth-order valence-corrected chi connectivity index (χ4v) is 4.77. The predicted molar refractivity (Wildman–Crippen MR) is 100 cm³/mol. The second-order valence-corrected chi connectivity index (χ2v) is 7.63. The zero-order valence-electron chi connectivity index (χ0n) is 15.2. The van der Waals surface area contributed by atoms with E-state index in [1.807, 2.05) is 0 Å². The van der Waals surface area contributed by atoms with Gasteiger partial charge in [-0.05, 0) is 69.8 Å². The molecule has 2 heterocycles. The van der Waals surface area contributed by atoms with Crippen LogP contribution in [0.2, 0.25) is 0 Å². The van der Waals surface area contributed by atoms with Crippen molar-refractivity contribution >= 4 is 17.5 Å². The van der Waals surface area contributed by atoms with Gasteiger partial charge in [0.1, 0.15) is 5.82 Å². The zero-order chi connectivity index (χ0) is 19.9. The van der Waals surface area contributed by atoms with Crippen LogP contribution in [-0.4, -0.2) is 34.1 Å². The highest BCUT2D eigenvalue weighted by Crippen LogP contribution is 2.53. The number of halogens is 1. The summed E-state index contributed by atoms with van der Waals surface area (Å²) in [6.07, 6.45) is 3.82. The van der Waals surface area contributed by atoms with Crippen molar-refractivity contribution in [2.75, 3.05) is 18.0 Å². The highest BCUT2D eigenvalue weighted by Gasteiger charge is 2.46. The molecule has 1 saturated heterocycles. The fourth-order valence-electron chi connectivity index (χ4n) is 4.77. The maximum atomic E-state index is 13.9. The number of aliphatic carboxylic acids is 1. The maximum Gasteiger partial charge on any atom is 0.363 e. The molecule has 8 heteroatoms. The van der Waals surface area contributed by atoms with E-state index in [1.54, 1.807) is 18.2 Å². The Labute approximate surface area is 161 Å². The van der Waals surface area contributed by atoms with Gasteiger partial charge in [0.25, 0.3) is 0 Å². The van der Waals surface area contributed by atoms with E-state index in [4.69, 9.17) is 0 Å². The van der Waals surface area contributed by atoms with Gasteiger partial charge >= 0.3 is 11.8 Å². The highest BCUT2D eigenvalue weighted by molar-refractivity contribution is 5.69. The molecular formula is C20H20FN3O4. The summed E-state index contributed by atoms with van der Waals surface area (Å²) in [5, 5.41) is 20.0. The third-order valence-corrected chi connectivity index (χ3v) is 6.09. The van der Waals surface area contributed by atoms with Crippen LogP contribution in [0.3, 0.4) is 0 Å². The van der Waals surface area contributed by atoms with Gasteiger partial charge < -0.3 is 20.1 Å². The van der Waals surface area contributed by atoms with Crippen LogP contribution in [0.5, 0.6) is 0 Å². The number of rotatable bonds is 4. The van der Waals surface area contributed by atoms with E-state index >= 15 is 0 Å². The minimum Gasteiger partial charge on any atom is -0.481 e. The Morgan fingerprint density at radius 3 is 2.68 bits per heavy atom. The van der Waals surface area contributed by atoms with Crippen molar-refractivity contribution in [2.24, 2.45) is 0 Å². The number of hydrogen-bond donors (Lipinski definition) is 1. The number of fused-ring (bicyclic) bond motifs is 2. The second-order valence-electron chi connectivity index (χ2n) is 7.63. The van der Waals surface area contributed by atoms with Crippen molar-refractivity contribution in [2.45, 2.75) is 37.0 Å². The van der Waals surface area contributed by atoms with E-state index < -0.39 is 10.9 Å². The first-order valence-corrected chi connectivity index (χ1v) is 9.25. The van der Waals surface area contributed by atoms with Gasteiger partial charge in [-0.25, -0.2) is 4.39 Å². The molecule has 1 aliphatic carbocycles. The number of nitro groups is 1. The van der Waals surface area contributed by atoms with E-state index in [9.17, 15) is 24.4 Å². The first kappa shape index (κ1) is 18.3. The molecule has 4 rings (SSSR count). The number of aromatic nitrogens is 1. The van der Waals surface area contributed by atoms with Crippen LogP contribution in [0.15, 0.2) is 36.5 Å². The largest absolute Gasteiger partial charge is 0.481 e. The highest BCUT2D eigenvalue weighted by atomic mass is 19.1. The number of hydrogen-bond acceptors (Lipinski definition) is 5. The van der Waals surface area contributed by atoms with Crippen LogP contribution in [-0.2, 0) is 10.2 Å². The van der Waals surface area contributed by atoms with Crippen molar-refractivity contribution in [1.29, 1.82) is 0 Å². The minimum atomic E-state index is -0.841. The molecule has 0 saturated carbocycles. The van der Waals surface area contributed by atoms with Crippen LogP contribution in [0.4, 0.5) is 15.9 Å². The summed E-state index contributed by atoms with van der Waals surface area (Å²) in [7, 11) is 0. The summed E-state index contributed by atoms with van der Waals surface area (Å²) in [6, 6.07) is 7.80. The number of benzene rings is 1. The Morgan fingerprint density at radius 2 is 2.07 bits per heavy atom. The van der Waals surface area contributed by atoms with Crippen molar-refractivity contribution in [3.05, 3.63) is 63.6 Å². The third kappa shape index (κ3) is 3.19. The molecule has 2 aromatic rings. The van der Waals surface area contributed by atoms with Gasteiger partial charge in [0.15, 0.2) is 6.20 Å². The molecule has 0 radical (unpaired) electrons. The maximum absolute atomic E-state index is 13.9. The molecule has 1 unspecified atom stereocenters. The number of carboxylic acid groups (broad SMARTS) is 1. The fraction of sp³-hybridized carbons (Fsp3) is 0.400. The van der Waals surface area contributed by atoms with Crippen molar-refractivity contribution < 1.29 is 19.2 Å². The summed E-state index contributed by atoms with van der Waals surface area (Å²) < 4.78 is 13.9. The second kappa shape index (κ2) is 6.85. The standard InChI is InChI=1S/C20H20FN3O4/c21-14-1-3-16-13(9-19(25)26)11-20(17(16)10-14)5-7-23(8-6-20)15-2-4-18(22-12-15)24(27)28/h1-4,10,12-13H,5-9,11H2,(H,25,26). The molecule has 1 atom stereocenters. The summed E-state index contributed by atoms with van der Waals surface area (Å²) >= 11 is 0. The molecule has 1 aliphatic heterocycles. The van der Waals surface area contributed by atoms with Crippen molar-refractivity contribution in [1.82, 2.24) is 4.98 Å². The quantitative estimate of drug-likeness (QED) is 0.638. The summed E-state index contributed by atoms with van der Waals surface area (Å²) in [6.45, 7) is 1.41. The van der Waals surface area contributed by atoms with E-state index in [0.29, 0.717) is 19.5 Å². The van der Waals surface area contributed by atoms with Gasteiger partial charge in [-0.2, -0.15) is 0 Å². The Morgan fingerprint density at radius 1 is 1.32 bits per heavy atom. The lowest BCUT2D eigenvalue weighted by atomic mass is 9.73. The SMILES string of the molecule is O=C(O)CC1CC2(CCN(c3ccc([N+](=O)[O-])nc3)CC2)c2cc(F)ccc21. The number of anilines is 1. The summed E-state index contributed by atoms with van der Waals surface area (Å²) in [5.41, 5.74) is 2.50. The molecular weight excluding hydrogens is 365 g/mol. The van der Waals surface area contributed by atoms with E-state index in [1.165, 1.54) is 18.3 Å². The predicted octanol–water partition coefficient (Wildman–Crippen LogP) is 3.63. The Hall–Kier alpha value is -3.03. The van der Waals surface area contributed by atoms with Gasteiger partial charge in [0.2, 0.25) is 0 Å². The topological polar surface area (TPSA) is 96.6 Å². The van der Waals surface area contributed by atoms with Crippen molar-refractivity contribution in [3.63, 3.8) is 0 Å². The molecule has 28 heavy (non-hydrogen) atoms. The molecule has 1 aromatic heterocycles. The molecule has 0 amide bonds. The van der Waals surface area contributed by atoms with Crippen LogP contribution in [0, 0.1) is 15.9 Å². The zero-order valence-corrected chi connectivity index (χ0v) is 15.2. The lowest BCUT2D eigenvalue weighted by molar-refractivity contribution is -0.389. The Bertz CT molecular complexity index is 924. The molecule has 1 fully saturated rings. The monoisotopic (exact) mass is 385 g/mol. The normalized spacial score (nSPS) is 20.2. The van der Waals surface area contributed by atoms with Gasteiger partial charge in [0.05, 0.1) is 12.1 Å². The number of pyridine rings is 1. The summed E-state index contributed by atoms with van der Waals surface area (Å²) in [5.74, 6) is -1.42. The first-order chi connectivity index (χ1) is 13.4. The van der Waals surface area contributed by atoms with E-state index in [0.717, 1.165) is 29.7 Å². The van der Waals surface area contributed by atoms with E-state index in [-0.39, 0.29) is 29.4 Å². The Kier molecular flexibility index (Phi) is 4.49. The smallest absolute Gasteiger partial charge is 0.363 e.